The maximum Gasteiger partial charge on any atom is 0.223 e. The Bertz CT molecular complexity index is 292. The van der Waals surface area contributed by atoms with Gasteiger partial charge in [-0.1, -0.05) is 45.4 Å². The number of hydrogen-bond acceptors (Lipinski definition) is 2. The van der Waals surface area contributed by atoms with Crippen LogP contribution >= 0.6 is 0 Å². The first-order valence-corrected chi connectivity index (χ1v) is 9.32. The molecule has 0 radical (unpaired) electrons. The van der Waals surface area contributed by atoms with Crippen LogP contribution in [0.3, 0.4) is 0 Å². The topological polar surface area (TPSA) is 32.3 Å². The van der Waals surface area contributed by atoms with Crippen LogP contribution in [0.2, 0.25) is 0 Å². The fourth-order valence-corrected chi connectivity index (χ4v) is 3.75. The lowest BCUT2D eigenvalue weighted by molar-refractivity contribution is -0.127. The van der Waals surface area contributed by atoms with E-state index in [4.69, 9.17) is 0 Å². The minimum Gasteiger partial charge on any atom is -0.353 e. The molecule has 0 spiro atoms. The molecule has 2 rings (SSSR count). The van der Waals surface area contributed by atoms with Crippen LogP contribution in [-0.4, -0.2) is 36.5 Å². The van der Waals surface area contributed by atoms with Crippen LogP contribution in [0.15, 0.2) is 0 Å². The Hall–Kier alpha value is -0.570. The number of nitrogens with zero attached hydrogens (tertiary/aromatic N) is 1. The first-order chi connectivity index (χ1) is 10.3. The molecule has 1 saturated carbocycles. The molecule has 3 nitrogen and oxygen atoms in total. The molecule has 0 aromatic rings. The third-order valence-electron chi connectivity index (χ3n) is 5.24. The summed E-state index contributed by atoms with van der Waals surface area (Å²) in [5.74, 6) is 0.617. The number of amides is 1. The van der Waals surface area contributed by atoms with Crippen molar-refractivity contribution in [1.82, 2.24) is 10.2 Å². The molecule has 1 heterocycles. The predicted molar refractivity (Wildman–Crippen MR) is 88.3 cm³/mol. The van der Waals surface area contributed by atoms with E-state index in [1.54, 1.807) is 0 Å². The van der Waals surface area contributed by atoms with Crippen LogP contribution in [0.1, 0.15) is 77.6 Å². The first-order valence-electron chi connectivity index (χ1n) is 9.32. The molecular formula is C18H34N2O. The lowest BCUT2D eigenvalue weighted by Gasteiger charge is -2.32. The van der Waals surface area contributed by atoms with Crippen molar-refractivity contribution < 1.29 is 4.79 Å². The van der Waals surface area contributed by atoms with Gasteiger partial charge in [0.2, 0.25) is 5.91 Å². The summed E-state index contributed by atoms with van der Waals surface area (Å²) in [6.45, 7) is 5.73. The molecule has 2 aliphatic rings. The maximum absolute atomic E-state index is 12.3. The molecule has 1 saturated heterocycles. The molecule has 0 unspecified atom stereocenters. The number of carbonyl (C=O) groups excluding carboxylic acids is 1. The van der Waals surface area contributed by atoms with E-state index in [2.05, 4.69) is 17.1 Å². The van der Waals surface area contributed by atoms with Gasteiger partial charge in [-0.2, -0.15) is 0 Å². The van der Waals surface area contributed by atoms with Gasteiger partial charge in [0.1, 0.15) is 0 Å². The highest BCUT2D eigenvalue weighted by atomic mass is 16.1. The summed E-state index contributed by atoms with van der Waals surface area (Å²) < 4.78 is 0. The summed E-state index contributed by atoms with van der Waals surface area (Å²) in [5.41, 5.74) is 0. The SMILES string of the molecule is CCCCCCN1CCC(C(=O)NC2CCCCC2)CC1. The van der Waals surface area contributed by atoms with Gasteiger partial charge in [-0.3, -0.25) is 4.79 Å². The van der Waals surface area contributed by atoms with Gasteiger partial charge in [0.05, 0.1) is 0 Å². The Morgan fingerprint density at radius 1 is 1.00 bits per heavy atom. The first kappa shape index (κ1) is 16.8. The van der Waals surface area contributed by atoms with Crippen molar-refractivity contribution in [2.75, 3.05) is 19.6 Å². The van der Waals surface area contributed by atoms with Crippen LogP contribution in [0.25, 0.3) is 0 Å². The molecule has 0 aromatic heterocycles. The van der Waals surface area contributed by atoms with Gasteiger partial charge in [0.25, 0.3) is 0 Å². The van der Waals surface area contributed by atoms with Gasteiger partial charge in [0.15, 0.2) is 0 Å². The molecule has 1 aliphatic carbocycles. The van der Waals surface area contributed by atoms with E-state index in [0.29, 0.717) is 11.9 Å². The van der Waals surface area contributed by atoms with E-state index in [9.17, 15) is 4.79 Å². The standard InChI is InChI=1S/C18H34N2O/c1-2-3-4-8-13-20-14-11-16(12-15-20)18(21)19-17-9-6-5-7-10-17/h16-17H,2-15H2,1H3,(H,19,21). The minimum atomic E-state index is 0.277. The third-order valence-corrected chi connectivity index (χ3v) is 5.24. The highest BCUT2D eigenvalue weighted by Crippen LogP contribution is 2.21. The molecule has 2 fully saturated rings. The molecular weight excluding hydrogens is 260 g/mol. The fourth-order valence-electron chi connectivity index (χ4n) is 3.75. The van der Waals surface area contributed by atoms with Gasteiger partial charge < -0.3 is 10.2 Å². The second-order valence-corrected chi connectivity index (χ2v) is 7.02. The van der Waals surface area contributed by atoms with Crippen LogP contribution in [0, 0.1) is 5.92 Å². The average Bonchev–Trinajstić information content (AvgIpc) is 2.53. The molecule has 0 bridgehead atoms. The second-order valence-electron chi connectivity index (χ2n) is 7.02. The molecule has 1 aliphatic heterocycles. The van der Waals surface area contributed by atoms with Crippen molar-refractivity contribution in [1.29, 1.82) is 0 Å². The second kappa shape index (κ2) is 9.45. The summed E-state index contributed by atoms with van der Waals surface area (Å²) >= 11 is 0. The largest absolute Gasteiger partial charge is 0.353 e. The monoisotopic (exact) mass is 294 g/mol. The Kier molecular flexibility index (Phi) is 7.56. The number of rotatable bonds is 7. The van der Waals surface area contributed by atoms with Gasteiger partial charge in [-0.15, -0.1) is 0 Å². The molecule has 21 heavy (non-hydrogen) atoms. The van der Waals surface area contributed by atoms with Gasteiger partial charge in [-0.25, -0.2) is 0 Å². The molecule has 3 heteroatoms. The third kappa shape index (κ3) is 5.98. The van der Waals surface area contributed by atoms with Crippen molar-refractivity contribution >= 4 is 5.91 Å². The average molecular weight is 294 g/mol. The quantitative estimate of drug-likeness (QED) is 0.726. The zero-order valence-corrected chi connectivity index (χ0v) is 13.9. The molecule has 1 N–H and O–H groups in total. The summed E-state index contributed by atoms with van der Waals surface area (Å²) in [5, 5.41) is 3.31. The van der Waals surface area contributed by atoms with E-state index in [1.807, 2.05) is 0 Å². The van der Waals surface area contributed by atoms with E-state index >= 15 is 0 Å². The van der Waals surface area contributed by atoms with Crippen LogP contribution < -0.4 is 5.32 Å². The van der Waals surface area contributed by atoms with Crippen molar-refractivity contribution in [2.24, 2.45) is 5.92 Å². The van der Waals surface area contributed by atoms with Crippen molar-refractivity contribution in [2.45, 2.75) is 83.6 Å². The molecule has 0 aromatic carbocycles. The maximum atomic E-state index is 12.3. The van der Waals surface area contributed by atoms with Crippen LogP contribution in [-0.2, 0) is 4.79 Å². The predicted octanol–water partition coefficient (Wildman–Crippen LogP) is 3.73. The highest BCUT2D eigenvalue weighted by Gasteiger charge is 2.26. The Morgan fingerprint density at radius 3 is 2.38 bits per heavy atom. The van der Waals surface area contributed by atoms with E-state index < -0.39 is 0 Å². The number of likely N-dealkylation sites (tertiary alicyclic amines) is 1. The molecule has 0 atom stereocenters. The van der Waals surface area contributed by atoms with Crippen LogP contribution in [0.5, 0.6) is 0 Å². The van der Waals surface area contributed by atoms with Crippen molar-refractivity contribution in [3.05, 3.63) is 0 Å². The minimum absolute atomic E-state index is 0.277. The zero-order chi connectivity index (χ0) is 14.9. The number of carbonyl (C=O) groups is 1. The summed E-state index contributed by atoms with van der Waals surface area (Å²) in [4.78, 5) is 14.9. The lowest BCUT2D eigenvalue weighted by Crippen LogP contribution is -2.44. The van der Waals surface area contributed by atoms with Gasteiger partial charge in [0, 0.05) is 12.0 Å². The summed E-state index contributed by atoms with van der Waals surface area (Å²) in [7, 11) is 0. The van der Waals surface area contributed by atoms with E-state index in [0.717, 1.165) is 25.9 Å². The number of hydrogen-bond donors (Lipinski definition) is 1. The van der Waals surface area contributed by atoms with Crippen LogP contribution in [0.4, 0.5) is 0 Å². The molecule has 1 amide bonds. The normalized spacial score (nSPS) is 22.3. The Labute approximate surface area is 130 Å². The fraction of sp³-hybridized carbons (Fsp3) is 0.944. The molecule has 122 valence electrons. The van der Waals surface area contributed by atoms with E-state index in [1.165, 1.54) is 64.3 Å². The number of unbranched alkanes of at least 4 members (excludes halogenated alkanes) is 3. The Balaban J connectivity index is 1.60. The van der Waals surface area contributed by atoms with Gasteiger partial charge in [-0.05, 0) is 51.7 Å². The smallest absolute Gasteiger partial charge is 0.223 e. The van der Waals surface area contributed by atoms with Gasteiger partial charge >= 0.3 is 0 Å². The Morgan fingerprint density at radius 2 is 1.71 bits per heavy atom. The summed E-state index contributed by atoms with van der Waals surface area (Å²) in [6.07, 6.45) is 13.8. The summed E-state index contributed by atoms with van der Waals surface area (Å²) in [6, 6.07) is 0.471. The van der Waals surface area contributed by atoms with Crippen molar-refractivity contribution in [3.63, 3.8) is 0 Å². The number of piperidine rings is 1. The van der Waals surface area contributed by atoms with Crippen molar-refractivity contribution in [3.8, 4) is 0 Å². The lowest BCUT2D eigenvalue weighted by atomic mass is 9.92. The highest BCUT2D eigenvalue weighted by molar-refractivity contribution is 5.79. The van der Waals surface area contributed by atoms with E-state index in [-0.39, 0.29) is 5.92 Å². The number of nitrogens with one attached hydrogen (secondary N) is 1. The zero-order valence-electron chi connectivity index (χ0n) is 13.9.